The van der Waals surface area contributed by atoms with E-state index in [4.69, 9.17) is 0 Å². The van der Waals surface area contributed by atoms with Crippen LogP contribution in [-0.2, 0) is 5.41 Å². The van der Waals surface area contributed by atoms with Gasteiger partial charge in [-0.25, -0.2) is 0 Å². The Morgan fingerprint density at radius 2 is 1.08 bits per heavy atom. The van der Waals surface area contributed by atoms with E-state index in [0.29, 0.717) is 0 Å². The molecule has 0 aromatic heterocycles. The minimum atomic E-state index is 0.0119. The maximum atomic E-state index is 2.45. The second-order valence-electron chi connectivity index (χ2n) is 11.6. The Bertz CT molecular complexity index is 1920. The first kappa shape index (κ1) is 23.0. The summed E-state index contributed by atoms with van der Waals surface area (Å²) in [6, 6.07) is 38.9. The van der Waals surface area contributed by atoms with E-state index in [1.54, 1.807) is 0 Å². The second-order valence-corrected chi connectivity index (χ2v) is 11.6. The van der Waals surface area contributed by atoms with Crippen LogP contribution in [0.4, 0.5) is 0 Å². The topological polar surface area (TPSA) is 0 Å². The van der Waals surface area contributed by atoms with E-state index in [1.807, 2.05) is 0 Å². The monoisotopic (exact) mass is 488 g/mol. The average Bonchev–Trinajstić information content (AvgIpc) is 3.14. The third-order valence-electron chi connectivity index (χ3n) is 8.70. The van der Waals surface area contributed by atoms with Gasteiger partial charge in [0.2, 0.25) is 0 Å². The van der Waals surface area contributed by atoms with Crippen molar-refractivity contribution >= 4 is 21.5 Å². The molecule has 38 heavy (non-hydrogen) atoms. The Hall–Kier alpha value is -4.16. The van der Waals surface area contributed by atoms with Crippen LogP contribution < -0.4 is 0 Å². The third-order valence-corrected chi connectivity index (χ3v) is 8.70. The Morgan fingerprint density at radius 1 is 0.447 bits per heavy atom. The first-order valence-electron chi connectivity index (χ1n) is 13.6. The van der Waals surface area contributed by atoms with Crippen molar-refractivity contribution in [1.29, 1.82) is 0 Å². The highest BCUT2D eigenvalue weighted by Crippen LogP contribution is 2.51. The zero-order valence-corrected chi connectivity index (χ0v) is 22.8. The molecule has 0 aliphatic heterocycles. The molecule has 0 heteroatoms. The highest BCUT2D eigenvalue weighted by Gasteiger charge is 2.35. The van der Waals surface area contributed by atoms with Gasteiger partial charge in [0.15, 0.2) is 0 Å². The molecule has 0 fully saturated rings. The highest BCUT2D eigenvalue weighted by atomic mass is 14.4. The lowest BCUT2D eigenvalue weighted by atomic mass is 9.81. The van der Waals surface area contributed by atoms with Crippen molar-refractivity contribution in [2.24, 2.45) is 0 Å². The number of aryl methyl sites for hydroxylation is 3. The van der Waals surface area contributed by atoms with Gasteiger partial charge in [0.1, 0.15) is 0 Å². The van der Waals surface area contributed by atoms with Crippen molar-refractivity contribution in [1.82, 2.24) is 0 Å². The van der Waals surface area contributed by atoms with Crippen molar-refractivity contribution in [3.63, 3.8) is 0 Å². The maximum Gasteiger partial charge on any atom is 0.0158 e. The molecule has 0 N–H and O–H groups in total. The summed E-state index contributed by atoms with van der Waals surface area (Å²) in [6.45, 7) is 11.3. The fourth-order valence-corrected chi connectivity index (χ4v) is 6.86. The van der Waals surface area contributed by atoms with Gasteiger partial charge < -0.3 is 0 Å². The van der Waals surface area contributed by atoms with Crippen LogP contribution in [0.3, 0.4) is 0 Å². The lowest BCUT2D eigenvalue weighted by Gasteiger charge is -2.22. The number of hydrogen-bond acceptors (Lipinski definition) is 0. The zero-order valence-electron chi connectivity index (χ0n) is 22.8. The number of hydrogen-bond donors (Lipinski definition) is 0. The molecule has 6 aromatic carbocycles. The van der Waals surface area contributed by atoms with Crippen molar-refractivity contribution in [2.75, 3.05) is 0 Å². The third kappa shape index (κ3) is 3.23. The molecule has 0 unspecified atom stereocenters. The molecule has 1 aliphatic carbocycles. The van der Waals surface area contributed by atoms with Crippen LogP contribution >= 0.6 is 0 Å². The Balaban J connectivity index is 1.60. The molecule has 6 aromatic rings. The lowest BCUT2D eigenvalue weighted by Crippen LogP contribution is -2.14. The molecule has 0 amide bonds. The molecular weight excluding hydrogens is 456 g/mol. The standard InChI is InChI=1S/C38H32/c1-23-14-17-27(25(3)20-23)37-30-12-7-6-11-29(30)36(33-21-24(2)15-18-31(33)37)26-16-19-35-32(22-26)28-10-8-9-13-34(28)38(35,4)5/h6-22H,1-5H3. The Labute approximate surface area is 225 Å². The summed E-state index contributed by atoms with van der Waals surface area (Å²) >= 11 is 0. The van der Waals surface area contributed by atoms with Crippen molar-refractivity contribution < 1.29 is 0 Å². The minimum Gasteiger partial charge on any atom is -0.0619 e. The van der Waals surface area contributed by atoms with Gasteiger partial charge in [0, 0.05) is 5.41 Å². The van der Waals surface area contributed by atoms with Crippen LogP contribution in [0.5, 0.6) is 0 Å². The molecular formula is C38H32. The van der Waals surface area contributed by atoms with E-state index >= 15 is 0 Å². The summed E-state index contributed by atoms with van der Waals surface area (Å²) in [4.78, 5) is 0. The normalized spacial score (nSPS) is 13.6. The van der Waals surface area contributed by atoms with Crippen LogP contribution in [0, 0.1) is 20.8 Å². The van der Waals surface area contributed by atoms with Gasteiger partial charge in [0.05, 0.1) is 0 Å². The minimum absolute atomic E-state index is 0.0119. The van der Waals surface area contributed by atoms with Gasteiger partial charge in [-0.15, -0.1) is 0 Å². The first-order valence-corrected chi connectivity index (χ1v) is 13.6. The maximum absolute atomic E-state index is 2.45. The summed E-state index contributed by atoms with van der Waals surface area (Å²) in [5.41, 5.74) is 14.8. The predicted molar refractivity (Wildman–Crippen MR) is 164 cm³/mol. The highest BCUT2D eigenvalue weighted by molar-refractivity contribution is 6.21. The van der Waals surface area contributed by atoms with Crippen LogP contribution in [0.2, 0.25) is 0 Å². The predicted octanol–water partition coefficient (Wildman–Crippen LogP) is 10.6. The summed E-state index contributed by atoms with van der Waals surface area (Å²) in [5, 5.41) is 5.26. The molecule has 0 radical (unpaired) electrons. The molecule has 1 aliphatic rings. The second kappa shape index (κ2) is 8.17. The zero-order chi connectivity index (χ0) is 26.2. The van der Waals surface area contributed by atoms with Gasteiger partial charge in [-0.05, 0) is 98.5 Å². The van der Waals surface area contributed by atoms with E-state index in [2.05, 4.69) is 138 Å². The summed E-state index contributed by atoms with van der Waals surface area (Å²) < 4.78 is 0. The number of fused-ring (bicyclic) bond motifs is 5. The van der Waals surface area contributed by atoms with Gasteiger partial charge in [-0.1, -0.05) is 122 Å². The largest absolute Gasteiger partial charge is 0.0619 e. The van der Waals surface area contributed by atoms with E-state index in [-0.39, 0.29) is 5.41 Å². The summed E-state index contributed by atoms with van der Waals surface area (Å²) in [7, 11) is 0. The van der Waals surface area contributed by atoms with Crippen molar-refractivity contribution in [2.45, 2.75) is 40.0 Å². The van der Waals surface area contributed by atoms with Crippen LogP contribution in [0.25, 0.3) is 54.9 Å². The van der Waals surface area contributed by atoms with E-state index in [0.717, 1.165) is 0 Å². The van der Waals surface area contributed by atoms with E-state index in [1.165, 1.54) is 82.7 Å². The van der Waals surface area contributed by atoms with Crippen LogP contribution in [0.15, 0.2) is 103 Å². The lowest BCUT2D eigenvalue weighted by molar-refractivity contribution is 0.660. The summed E-state index contributed by atoms with van der Waals surface area (Å²) in [5.74, 6) is 0. The Morgan fingerprint density at radius 3 is 1.87 bits per heavy atom. The SMILES string of the molecule is Cc1ccc(-c2c3ccccc3c(-c3ccc4c(c3)-c3ccccc3C4(C)C)c3cc(C)ccc23)c(C)c1. The van der Waals surface area contributed by atoms with Gasteiger partial charge in [-0.2, -0.15) is 0 Å². The fraction of sp³-hybridized carbons (Fsp3) is 0.158. The van der Waals surface area contributed by atoms with Crippen LogP contribution in [0.1, 0.15) is 41.7 Å². The Kier molecular flexibility index (Phi) is 4.94. The molecule has 0 heterocycles. The van der Waals surface area contributed by atoms with Gasteiger partial charge in [-0.3, -0.25) is 0 Å². The molecule has 0 atom stereocenters. The molecule has 0 saturated heterocycles. The van der Waals surface area contributed by atoms with Gasteiger partial charge in [0.25, 0.3) is 0 Å². The number of benzene rings is 6. The molecule has 7 rings (SSSR count). The average molecular weight is 489 g/mol. The van der Waals surface area contributed by atoms with Crippen molar-refractivity contribution in [3.05, 3.63) is 131 Å². The number of rotatable bonds is 2. The van der Waals surface area contributed by atoms with Crippen LogP contribution in [-0.4, -0.2) is 0 Å². The molecule has 0 saturated carbocycles. The molecule has 0 bridgehead atoms. The smallest absolute Gasteiger partial charge is 0.0158 e. The molecule has 0 spiro atoms. The fourth-order valence-electron chi connectivity index (χ4n) is 6.86. The summed E-state index contributed by atoms with van der Waals surface area (Å²) in [6.07, 6.45) is 0. The quantitative estimate of drug-likeness (QED) is 0.213. The molecule has 0 nitrogen and oxygen atoms in total. The van der Waals surface area contributed by atoms with Crippen molar-refractivity contribution in [3.8, 4) is 33.4 Å². The van der Waals surface area contributed by atoms with E-state index in [9.17, 15) is 0 Å². The first-order chi connectivity index (χ1) is 18.3. The van der Waals surface area contributed by atoms with Gasteiger partial charge >= 0.3 is 0 Å². The van der Waals surface area contributed by atoms with E-state index < -0.39 is 0 Å². The molecule has 184 valence electrons.